The van der Waals surface area contributed by atoms with E-state index in [1.54, 1.807) is 36.1 Å². The Morgan fingerprint density at radius 3 is 2.29 bits per heavy atom. The zero-order valence-electron chi connectivity index (χ0n) is 16.2. The molecule has 2 aromatic carbocycles. The van der Waals surface area contributed by atoms with E-state index >= 15 is 0 Å². The minimum atomic E-state index is -0.697. The second-order valence-corrected chi connectivity index (χ2v) is 6.61. The largest absolute Gasteiger partial charge is 0.467 e. The van der Waals surface area contributed by atoms with Gasteiger partial charge >= 0.3 is 11.9 Å². The van der Waals surface area contributed by atoms with Gasteiger partial charge in [0.25, 0.3) is 0 Å². The van der Waals surface area contributed by atoms with Gasteiger partial charge < -0.3 is 14.4 Å². The Labute approximate surface area is 164 Å². The number of methoxy groups -OCH3 is 2. The molecule has 28 heavy (non-hydrogen) atoms. The van der Waals surface area contributed by atoms with Crippen LogP contribution in [-0.2, 0) is 25.5 Å². The van der Waals surface area contributed by atoms with Crippen LogP contribution in [0.3, 0.4) is 0 Å². The number of hydrogen-bond acceptors (Lipinski definition) is 5. The molecule has 2 atom stereocenters. The maximum atomic E-state index is 12.9. The third kappa shape index (κ3) is 3.50. The zero-order valence-corrected chi connectivity index (χ0v) is 16.2. The lowest BCUT2D eigenvalue weighted by Crippen LogP contribution is -2.51. The molecule has 0 aromatic heterocycles. The maximum Gasteiger partial charge on any atom is 0.337 e. The van der Waals surface area contributed by atoms with Gasteiger partial charge in [-0.25, -0.2) is 9.59 Å². The highest BCUT2D eigenvalue weighted by atomic mass is 16.5. The molecular weight excluding hydrogens is 358 g/mol. The lowest BCUT2D eigenvalue weighted by atomic mass is 9.84. The highest BCUT2D eigenvalue weighted by Gasteiger charge is 2.41. The van der Waals surface area contributed by atoms with E-state index in [1.165, 1.54) is 14.2 Å². The number of carbonyl (C=O) groups excluding carboxylic acids is 3. The number of nitrogens with zero attached hydrogens (tertiary/aromatic N) is 1. The molecule has 1 aliphatic heterocycles. The van der Waals surface area contributed by atoms with Gasteiger partial charge in [0.05, 0.1) is 25.8 Å². The molecular formula is C22H23NO5. The second-order valence-electron chi connectivity index (χ2n) is 6.61. The van der Waals surface area contributed by atoms with E-state index in [2.05, 4.69) is 0 Å². The monoisotopic (exact) mass is 381 g/mol. The van der Waals surface area contributed by atoms with Crippen molar-refractivity contribution in [2.45, 2.75) is 31.8 Å². The highest BCUT2D eigenvalue weighted by Crippen LogP contribution is 2.38. The summed E-state index contributed by atoms with van der Waals surface area (Å²) in [7, 11) is 2.66. The highest BCUT2D eigenvalue weighted by molar-refractivity contribution is 5.89. The molecule has 2 aromatic rings. The van der Waals surface area contributed by atoms with E-state index in [0.29, 0.717) is 12.0 Å². The molecule has 0 radical (unpaired) electrons. The van der Waals surface area contributed by atoms with Crippen LogP contribution in [0.25, 0.3) is 0 Å². The SMILES string of the molecule is CCC(=O)N1[C@H](c2ccc(C(=O)OC)cc2)c2ccccc2C[C@@H]1C(=O)OC. The van der Waals surface area contributed by atoms with Crippen LogP contribution in [-0.4, -0.2) is 43.0 Å². The van der Waals surface area contributed by atoms with Gasteiger partial charge in [-0.15, -0.1) is 0 Å². The minimum absolute atomic E-state index is 0.132. The van der Waals surface area contributed by atoms with Crippen LogP contribution in [0.5, 0.6) is 0 Å². The molecule has 6 nitrogen and oxygen atoms in total. The number of benzene rings is 2. The van der Waals surface area contributed by atoms with Gasteiger partial charge in [0.15, 0.2) is 0 Å². The topological polar surface area (TPSA) is 72.9 Å². The number of rotatable bonds is 4. The summed E-state index contributed by atoms with van der Waals surface area (Å²) >= 11 is 0. The first-order valence-electron chi connectivity index (χ1n) is 9.16. The lowest BCUT2D eigenvalue weighted by Gasteiger charge is -2.42. The quantitative estimate of drug-likeness (QED) is 0.762. The molecule has 0 bridgehead atoms. The van der Waals surface area contributed by atoms with E-state index in [1.807, 2.05) is 24.3 Å². The molecule has 0 unspecified atom stereocenters. The zero-order chi connectivity index (χ0) is 20.3. The van der Waals surface area contributed by atoms with Crippen LogP contribution in [0.15, 0.2) is 48.5 Å². The van der Waals surface area contributed by atoms with Crippen molar-refractivity contribution >= 4 is 17.8 Å². The first kappa shape index (κ1) is 19.6. The van der Waals surface area contributed by atoms with Crippen molar-refractivity contribution in [3.05, 3.63) is 70.8 Å². The van der Waals surface area contributed by atoms with Crippen molar-refractivity contribution in [2.24, 2.45) is 0 Å². The van der Waals surface area contributed by atoms with Gasteiger partial charge in [-0.05, 0) is 28.8 Å². The number of ether oxygens (including phenoxy) is 2. The van der Waals surface area contributed by atoms with Crippen LogP contribution >= 0.6 is 0 Å². The molecule has 1 amide bonds. The van der Waals surface area contributed by atoms with E-state index in [0.717, 1.165) is 16.7 Å². The van der Waals surface area contributed by atoms with E-state index < -0.39 is 24.0 Å². The van der Waals surface area contributed by atoms with Crippen LogP contribution in [0.2, 0.25) is 0 Å². The number of esters is 2. The maximum absolute atomic E-state index is 12.9. The molecule has 0 saturated heterocycles. The van der Waals surface area contributed by atoms with Crippen LogP contribution in [0, 0.1) is 0 Å². The van der Waals surface area contributed by atoms with E-state index in [4.69, 9.17) is 9.47 Å². The molecule has 0 saturated carbocycles. The summed E-state index contributed by atoms with van der Waals surface area (Å²) in [4.78, 5) is 38.7. The summed E-state index contributed by atoms with van der Waals surface area (Å²) in [6.07, 6.45) is 0.678. The van der Waals surface area contributed by atoms with Crippen molar-refractivity contribution in [1.82, 2.24) is 4.90 Å². The molecule has 0 fully saturated rings. The van der Waals surface area contributed by atoms with Crippen molar-refractivity contribution in [3.63, 3.8) is 0 Å². The number of hydrogen-bond donors (Lipinski definition) is 0. The fourth-order valence-electron chi connectivity index (χ4n) is 3.72. The molecule has 0 aliphatic carbocycles. The van der Waals surface area contributed by atoms with Crippen molar-refractivity contribution in [2.75, 3.05) is 14.2 Å². The number of amides is 1. The normalized spacial score (nSPS) is 18.2. The Bertz CT molecular complexity index is 890. The van der Waals surface area contributed by atoms with Gasteiger partial charge in [0.2, 0.25) is 5.91 Å². The third-order valence-electron chi connectivity index (χ3n) is 5.09. The molecule has 6 heteroatoms. The Kier molecular flexibility index (Phi) is 5.78. The molecule has 146 valence electrons. The predicted octanol–water partition coefficient (Wildman–Crippen LogP) is 2.90. The summed E-state index contributed by atoms with van der Waals surface area (Å²) in [5.74, 6) is -0.996. The van der Waals surface area contributed by atoms with Gasteiger partial charge in [-0.3, -0.25) is 4.79 Å². The van der Waals surface area contributed by atoms with Gasteiger partial charge in [0, 0.05) is 12.8 Å². The number of fused-ring (bicyclic) bond motifs is 1. The van der Waals surface area contributed by atoms with E-state index in [9.17, 15) is 14.4 Å². The van der Waals surface area contributed by atoms with Crippen LogP contribution in [0.4, 0.5) is 0 Å². The minimum Gasteiger partial charge on any atom is -0.467 e. The Morgan fingerprint density at radius 1 is 1.00 bits per heavy atom. The Morgan fingerprint density at radius 2 is 1.68 bits per heavy atom. The first-order valence-corrected chi connectivity index (χ1v) is 9.16. The van der Waals surface area contributed by atoms with E-state index in [-0.39, 0.29) is 12.3 Å². The van der Waals surface area contributed by atoms with Crippen LogP contribution < -0.4 is 0 Å². The fourth-order valence-corrected chi connectivity index (χ4v) is 3.72. The lowest BCUT2D eigenvalue weighted by molar-refractivity contribution is -0.155. The average Bonchev–Trinajstić information content (AvgIpc) is 2.76. The Hall–Kier alpha value is -3.15. The molecule has 1 aliphatic rings. The molecule has 0 N–H and O–H groups in total. The molecule has 1 heterocycles. The third-order valence-corrected chi connectivity index (χ3v) is 5.09. The first-order chi connectivity index (χ1) is 13.5. The number of carbonyl (C=O) groups is 3. The summed E-state index contributed by atoms with van der Waals surface area (Å²) in [5.41, 5.74) is 3.21. The summed E-state index contributed by atoms with van der Waals surface area (Å²) < 4.78 is 9.74. The smallest absolute Gasteiger partial charge is 0.337 e. The fraction of sp³-hybridized carbons (Fsp3) is 0.318. The van der Waals surface area contributed by atoms with Gasteiger partial charge in [0.1, 0.15) is 6.04 Å². The van der Waals surface area contributed by atoms with Crippen molar-refractivity contribution < 1.29 is 23.9 Å². The summed E-state index contributed by atoms with van der Waals surface area (Å²) in [5, 5.41) is 0. The van der Waals surface area contributed by atoms with Crippen LogP contribution in [0.1, 0.15) is 46.4 Å². The molecule has 0 spiro atoms. The second kappa shape index (κ2) is 8.25. The van der Waals surface area contributed by atoms with Crippen molar-refractivity contribution in [1.29, 1.82) is 0 Å². The van der Waals surface area contributed by atoms with Gasteiger partial charge in [-0.1, -0.05) is 43.3 Å². The summed E-state index contributed by atoms with van der Waals surface area (Å²) in [6, 6.07) is 13.6. The van der Waals surface area contributed by atoms with Crippen molar-refractivity contribution in [3.8, 4) is 0 Å². The van der Waals surface area contributed by atoms with Gasteiger partial charge in [-0.2, -0.15) is 0 Å². The standard InChI is InChI=1S/C22H23NO5/c1-4-19(24)23-18(22(26)28-3)13-16-7-5-6-8-17(16)20(23)14-9-11-15(12-10-14)21(25)27-2/h5-12,18,20H,4,13H2,1-3H3/t18-,20-/m1/s1. The summed E-state index contributed by atoms with van der Waals surface area (Å²) in [6.45, 7) is 1.77. The Balaban J connectivity index is 2.14. The predicted molar refractivity (Wildman–Crippen MR) is 103 cm³/mol. The molecule has 3 rings (SSSR count). The average molecular weight is 381 g/mol.